The predicted molar refractivity (Wildman–Crippen MR) is 78.5 cm³/mol. The molecule has 22 heavy (non-hydrogen) atoms. The van der Waals surface area contributed by atoms with Crippen molar-refractivity contribution in [3.63, 3.8) is 0 Å². The van der Waals surface area contributed by atoms with Crippen LogP contribution in [0.2, 0.25) is 0 Å². The Kier molecular flexibility index (Phi) is 2.92. The molecule has 1 spiro atoms. The Morgan fingerprint density at radius 3 is 2.68 bits per heavy atom. The molecular weight excluding hydrogens is 282 g/mol. The van der Waals surface area contributed by atoms with Gasteiger partial charge in [-0.05, 0) is 29.0 Å². The summed E-state index contributed by atoms with van der Waals surface area (Å²) in [7, 11) is 0. The van der Waals surface area contributed by atoms with E-state index in [-0.39, 0.29) is 17.1 Å². The van der Waals surface area contributed by atoms with E-state index < -0.39 is 5.76 Å². The van der Waals surface area contributed by atoms with Crippen LogP contribution in [-0.2, 0) is 0 Å². The van der Waals surface area contributed by atoms with E-state index in [9.17, 15) is 9.59 Å². The van der Waals surface area contributed by atoms with Crippen molar-refractivity contribution in [2.45, 2.75) is 25.2 Å². The van der Waals surface area contributed by atoms with Gasteiger partial charge in [0.25, 0.3) is 5.91 Å². The number of H-pyrrole nitrogens is 1. The lowest BCUT2D eigenvalue weighted by atomic mass is 9.61. The van der Waals surface area contributed by atoms with Crippen molar-refractivity contribution in [2.75, 3.05) is 13.1 Å². The summed E-state index contributed by atoms with van der Waals surface area (Å²) >= 11 is 0. The van der Waals surface area contributed by atoms with Crippen LogP contribution in [0.15, 0.2) is 39.6 Å². The van der Waals surface area contributed by atoms with Gasteiger partial charge in [-0.25, -0.2) is 4.79 Å². The highest BCUT2D eigenvalue weighted by atomic mass is 16.5. The van der Waals surface area contributed by atoms with E-state index in [2.05, 4.69) is 26.8 Å². The number of aromatic amines is 1. The number of hydrogen-bond donors (Lipinski definition) is 1. The topological polar surface area (TPSA) is 79.2 Å². The molecule has 2 aliphatic rings. The summed E-state index contributed by atoms with van der Waals surface area (Å²) in [5.74, 6) is -0.603. The highest BCUT2D eigenvalue weighted by Gasteiger charge is 2.52. The van der Waals surface area contributed by atoms with Crippen molar-refractivity contribution in [2.24, 2.45) is 5.41 Å². The minimum atomic E-state index is -0.694. The van der Waals surface area contributed by atoms with Crippen molar-refractivity contribution in [1.29, 1.82) is 0 Å². The second kappa shape index (κ2) is 4.83. The van der Waals surface area contributed by atoms with E-state index in [0.29, 0.717) is 12.5 Å². The largest absolute Gasteiger partial charge is 0.439 e. The van der Waals surface area contributed by atoms with E-state index in [4.69, 9.17) is 0 Å². The maximum Gasteiger partial charge on any atom is 0.439 e. The first-order chi connectivity index (χ1) is 10.7. The van der Waals surface area contributed by atoms with E-state index in [0.717, 1.165) is 19.4 Å². The number of hydrogen-bond acceptors (Lipinski definition) is 4. The summed E-state index contributed by atoms with van der Waals surface area (Å²) in [4.78, 5) is 27.7. The fourth-order valence-corrected chi connectivity index (χ4v) is 3.88. The molecule has 0 bridgehead atoms. The Bertz CT molecular complexity index is 745. The Labute approximate surface area is 127 Å². The van der Waals surface area contributed by atoms with Gasteiger partial charge in [0.2, 0.25) is 5.82 Å². The zero-order valence-electron chi connectivity index (χ0n) is 12.1. The Morgan fingerprint density at radius 1 is 1.32 bits per heavy atom. The summed E-state index contributed by atoms with van der Waals surface area (Å²) in [6.07, 6.45) is 3.50. The fraction of sp³-hybridized carbons (Fsp3) is 0.438. The monoisotopic (exact) mass is 299 g/mol. The van der Waals surface area contributed by atoms with Crippen molar-refractivity contribution in [3.05, 3.63) is 52.3 Å². The lowest BCUT2D eigenvalue weighted by Crippen LogP contribution is -2.38. The van der Waals surface area contributed by atoms with Crippen LogP contribution in [0.4, 0.5) is 0 Å². The third-order valence-corrected chi connectivity index (χ3v) is 5.13. The molecule has 6 nitrogen and oxygen atoms in total. The molecule has 1 aromatic heterocycles. The molecule has 2 aromatic rings. The molecule has 2 fully saturated rings. The molecule has 1 aromatic carbocycles. The molecule has 1 atom stereocenters. The Morgan fingerprint density at radius 2 is 2.09 bits per heavy atom. The molecule has 0 unspecified atom stereocenters. The third kappa shape index (κ3) is 1.98. The molecule has 4 rings (SSSR count). The number of rotatable bonds is 2. The van der Waals surface area contributed by atoms with Gasteiger partial charge in [-0.3, -0.25) is 14.3 Å². The first kappa shape index (κ1) is 13.3. The molecule has 1 N–H and O–H groups in total. The van der Waals surface area contributed by atoms with Gasteiger partial charge in [0.05, 0.1) is 0 Å². The smallest absolute Gasteiger partial charge is 0.335 e. The number of nitrogens with one attached hydrogen (secondary N) is 1. The molecule has 6 heteroatoms. The van der Waals surface area contributed by atoms with Gasteiger partial charge in [-0.1, -0.05) is 36.8 Å². The molecule has 1 amide bonds. The van der Waals surface area contributed by atoms with Gasteiger partial charge in [-0.15, -0.1) is 0 Å². The Hall–Kier alpha value is -2.37. The number of carbonyl (C=O) groups is 1. The second-order valence-electron chi connectivity index (χ2n) is 6.31. The van der Waals surface area contributed by atoms with Gasteiger partial charge in [0.1, 0.15) is 0 Å². The molecule has 2 heterocycles. The molecule has 1 saturated carbocycles. The average molecular weight is 299 g/mol. The average Bonchev–Trinajstić information content (AvgIpc) is 3.11. The van der Waals surface area contributed by atoms with Gasteiger partial charge < -0.3 is 4.90 Å². The second-order valence-corrected chi connectivity index (χ2v) is 6.31. The molecular formula is C16H17N3O3. The number of carbonyl (C=O) groups excluding carboxylic acids is 1. The summed E-state index contributed by atoms with van der Waals surface area (Å²) in [5.41, 5.74) is 1.47. The van der Waals surface area contributed by atoms with E-state index in [1.807, 2.05) is 18.2 Å². The van der Waals surface area contributed by atoms with Crippen LogP contribution in [0.5, 0.6) is 0 Å². The highest BCUT2D eigenvalue weighted by molar-refractivity contribution is 5.90. The first-order valence-corrected chi connectivity index (χ1v) is 7.58. The Balaban J connectivity index is 1.62. The van der Waals surface area contributed by atoms with Crippen LogP contribution >= 0.6 is 0 Å². The van der Waals surface area contributed by atoms with Gasteiger partial charge in [0, 0.05) is 19.0 Å². The van der Waals surface area contributed by atoms with Crippen LogP contribution < -0.4 is 5.76 Å². The third-order valence-electron chi connectivity index (χ3n) is 5.13. The standard InChI is InChI=1S/C16H17N3O3/c20-14(13-17-15(21)22-18-13)19-9-12(11-5-2-1-3-6-11)16(10-19)7-4-8-16/h1-3,5-6,12H,4,7-10H2,(H,17,18,21)/t12-/m0/s1. The number of amides is 1. The lowest BCUT2D eigenvalue weighted by molar-refractivity contribution is 0.0711. The van der Waals surface area contributed by atoms with Gasteiger partial charge in [-0.2, -0.15) is 0 Å². The zero-order valence-corrected chi connectivity index (χ0v) is 12.1. The van der Waals surface area contributed by atoms with Crippen molar-refractivity contribution in [3.8, 4) is 0 Å². The van der Waals surface area contributed by atoms with Crippen LogP contribution in [0.1, 0.15) is 41.4 Å². The predicted octanol–water partition coefficient (Wildman–Crippen LogP) is 1.77. The van der Waals surface area contributed by atoms with Gasteiger partial charge in [0.15, 0.2) is 0 Å². The SMILES string of the molecule is O=C(c1noc(=O)[nH]1)N1C[C@@H](c2ccccc2)C2(CCC2)C1. The summed E-state index contributed by atoms with van der Waals surface area (Å²) in [5, 5.41) is 3.52. The zero-order chi connectivity index (χ0) is 15.2. The molecule has 1 saturated heterocycles. The van der Waals surface area contributed by atoms with Crippen molar-refractivity contribution in [1.82, 2.24) is 15.0 Å². The fourth-order valence-electron chi connectivity index (χ4n) is 3.88. The van der Waals surface area contributed by atoms with E-state index in [1.54, 1.807) is 4.90 Å². The lowest BCUT2D eigenvalue weighted by Gasteiger charge is -2.42. The van der Waals surface area contributed by atoms with Crippen LogP contribution in [0.3, 0.4) is 0 Å². The minimum absolute atomic E-state index is 0.00631. The maximum absolute atomic E-state index is 12.5. The first-order valence-electron chi connectivity index (χ1n) is 7.58. The number of nitrogens with zero attached hydrogens (tertiary/aromatic N) is 2. The maximum atomic E-state index is 12.5. The van der Waals surface area contributed by atoms with E-state index >= 15 is 0 Å². The van der Waals surface area contributed by atoms with Crippen LogP contribution in [0.25, 0.3) is 0 Å². The molecule has 1 aliphatic carbocycles. The van der Waals surface area contributed by atoms with E-state index in [1.165, 1.54) is 12.0 Å². The van der Waals surface area contributed by atoms with Gasteiger partial charge >= 0.3 is 5.76 Å². The summed E-state index contributed by atoms with van der Waals surface area (Å²) < 4.78 is 4.44. The highest BCUT2D eigenvalue weighted by Crippen LogP contribution is 2.55. The van der Waals surface area contributed by atoms with Crippen LogP contribution in [-0.4, -0.2) is 34.0 Å². The number of aromatic nitrogens is 2. The van der Waals surface area contributed by atoms with Crippen LogP contribution in [0, 0.1) is 5.41 Å². The molecule has 114 valence electrons. The summed E-state index contributed by atoms with van der Waals surface area (Å²) in [6.45, 7) is 1.39. The molecule has 0 radical (unpaired) electrons. The normalized spacial score (nSPS) is 22.7. The number of benzene rings is 1. The van der Waals surface area contributed by atoms with Crippen molar-refractivity contribution < 1.29 is 9.32 Å². The molecule has 1 aliphatic heterocycles. The summed E-state index contributed by atoms with van der Waals surface area (Å²) in [6, 6.07) is 10.4. The minimum Gasteiger partial charge on any atom is -0.335 e. The van der Waals surface area contributed by atoms with Crippen molar-refractivity contribution >= 4 is 5.91 Å². The quantitative estimate of drug-likeness (QED) is 0.916. The number of likely N-dealkylation sites (tertiary alicyclic amines) is 1.